The summed E-state index contributed by atoms with van der Waals surface area (Å²) in [6.45, 7) is 8.34. The van der Waals surface area contributed by atoms with E-state index in [1.165, 1.54) is 0 Å². The van der Waals surface area contributed by atoms with E-state index in [-0.39, 0.29) is 11.9 Å². The van der Waals surface area contributed by atoms with Gasteiger partial charge in [0.1, 0.15) is 0 Å². The van der Waals surface area contributed by atoms with E-state index in [1.807, 2.05) is 6.92 Å². The van der Waals surface area contributed by atoms with E-state index < -0.39 is 0 Å². The lowest BCUT2D eigenvalue weighted by atomic mass is 10.1. The van der Waals surface area contributed by atoms with Gasteiger partial charge in [-0.2, -0.15) is 0 Å². The Kier molecular flexibility index (Phi) is 7.23. The molecule has 0 spiro atoms. The zero-order valence-corrected chi connectivity index (χ0v) is 11.9. The molecule has 0 aliphatic carbocycles. The Morgan fingerprint density at radius 1 is 1.61 bits per heavy atom. The zero-order chi connectivity index (χ0) is 13.4. The molecule has 0 saturated carbocycles. The van der Waals surface area contributed by atoms with Crippen LogP contribution in [0.3, 0.4) is 0 Å². The Labute approximate surface area is 110 Å². The number of rotatable bonds is 8. The highest BCUT2D eigenvalue weighted by molar-refractivity contribution is 5.81. The first-order chi connectivity index (χ1) is 8.70. The van der Waals surface area contributed by atoms with Gasteiger partial charge in [-0.15, -0.1) is 0 Å². The van der Waals surface area contributed by atoms with Crippen LogP contribution in [0.5, 0.6) is 0 Å². The van der Waals surface area contributed by atoms with Gasteiger partial charge in [0.05, 0.1) is 12.6 Å². The first kappa shape index (κ1) is 15.4. The number of amides is 1. The molecule has 2 N–H and O–H groups in total. The normalized spacial score (nSPS) is 21.2. The quantitative estimate of drug-likeness (QED) is 0.611. The van der Waals surface area contributed by atoms with Crippen LogP contribution in [0.1, 0.15) is 26.7 Å². The van der Waals surface area contributed by atoms with Gasteiger partial charge < -0.3 is 15.4 Å². The van der Waals surface area contributed by atoms with Gasteiger partial charge in [-0.25, -0.2) is 0 Å². The maximum absolute atomic E-state index is 12.1. The third-order valence-electron chi connectivity index (χ3n) is 3.47. The highest BCUT2D eigenvalue weighted by Gasteiger charge is 2.29. The second kappa shape index (κ2) is 8.45. The SMILES string of the molecule is CCCN(C1CCNC1)C(C)C(=O)NCCOC. The molecular weight excluding hydrogens is 230 g/mol. The molecule has 1 saturated heterocycles. The summed E-state index contributed by atoms with van der Waals surface area (Å²) in [4.78, 5) is 14.4. The molecule has 0 aromatic heterocycles. The van der Waals surface area contributed by atoms with E-state index in [1.54, 1.807) is 7.11 Å². The number of ether oxygens (including phenoxy) is 1. The Bertz CT molecular complexity index is 242. The van der Waals surface area contributed by atoms with Crippen LogP contribution in [0.15, 0.2) is 0 Å². The van der Waals surface area contributed by atoms with Crippen molar-refractivity contribution in [3.63, 3.8) is 0 Å². The van der Waals surface area contributed by atoms with Gasteiger partial charge in [-0.05, 0) is 32.9 Å². The van der Waals surface area contributed by atoms with E-state index in [9.17, 15) is 4.79 Å². The average molecular weight is 257 g/mol. The third kappa shape index (κ3) is 4.55. The fourth-order valence-corrected chi connectivity index (χ4v) is 2.45. The molecule has 1 rings (SSSR count). The van der Waals surface area contributed by atoms with E-state index in [2.05, 4.69) is 22.5 Å². The minimum Gasteiger partial charge on any atom is -0.383 e. The van der Waals surface area contributed by atoms with Gasteiger partial charge in [-0.1, -0.05) is 6.92 Å². The van der Waals surface area contributed by atoms with Crippen LogP contribution in [0, 0.1) is 0 Å². The molecule has 0 aromatic carbocycles. The molecule has 2 atom stereocenters. The summed E-state index contributed by atoms with van der Waals surface area (Å²) in [6, 6.07) is 0.430. The smallest absolute Gasteiger partial charge is 0.237 e. The lowest BCUT2D eigenvalue weighted by Crippen LogP contribution is -2.51. The number of carbonyl (C=O) groups excluding carboxylic acids is 1. The summed E-state index contributed by atoms with van der Waals surface area (Å²) in [5, 5.41) is 6.28. The van der Waals surface area contributed by atoms with Crippen LogP contribution in [0.4, 0.5) is 0 Å². The van der Waals surface area contributed by atoms with Gasteiger partial charge in [0.2, 0.25) is 5.91 Å². The summed E-state index contributed by atoms with van der Waals surface area (Å²) < 4.78 is 4.94. The van der Waals surface area contributed by atoms with Crippen molar-refractivity contribution in [2.24, 2.45) is 0 Å². The molecule has 5 nitrogen and oxygen atoms in total. The van der Waals surface area contributed by atoms with Gasteiger partial charge >= 0.3 is 0 Å². The van der Waals surface area contributed by atoms with Gasteiger partial charge in [-0.3, -0.25) is 9.69 Å². The van der Waals surface area contributed by atoms with Crippen LogP contribution < -0.4 is 10.6 Å². The van der Waals surface area contributed by atoms with Gasteiger partial charge in [0.25, 0.3) is 0 Å². The van der Waals surface area contributed by atoms with Crippen LogP contribution in [-0.2, 0) is 9.53 Å². The molecule has 1 fully saturated rings. The number of methoxy groups -OCH3 is 1. The van der Waals surface area contributed by atoms with E-state index in [0.717, 1.165) is 32.5 Å². The lowest BCUT2D eigenvalue weighted by Gasteiger charge is -2.33. The number of nitrogens with zero attached hydrogens (tertiary/aromatic N) is 1. The Balaban J connectivity index is 2.46. The van der Waals surface area contributed by atoms with Gasteiger partial charge in [0, 0.05) is 26.2 Å². The second-order valence-electron chi connectivity index (χ2n) is 4.84. The molecule has 106 valence electrons. The highest BCUT2D eigenvalue weighted by atomic mass is 16.5. The van der Waals surface area contributed by atoms with Crippen molar-refractivity contribution in [2.45, 2.75) is 38.8 Å². The number of hydrogen-bond donors (Lipinski definition) is 2. The van der Waals surface area contributed by atoms with Crippen molar-refractivity contribution in [3.8, 4) is 0 Å². The van der Waals surface area contributed by atoms with Crippen molar-refractivity contribution in [3.05, 3.63) is 0 Å². The van der Waals surface area contributed by atoms with Crippen LogP contribution >= 0.6 is 0 Å². The Morgan fingerprint density at radius 3 is 2.94 bits per heavy atom. The minimum atomic E-state index is -0.0632. The van der Waals surface area contributed by atoms with E-state index >= 15 is 0 Å². The molecule has 2 unspecified atom stereocenters. The Morgan fingerprint density at radius 2 is 2.39 bits per heavy atom. The lowest BCUT2D eigenvalue weighted by molar-refractivity contribution is -0.126. The molecule has 18 heavy (non-hydrogen) atoms. The molecule has 1 aliphatic heterocycles. The number of hydrogen-bond acceptors (Lipinski definition) is 4. The standard InChI is InChI=1S/C13H27N3O2/c1-4-8-16(12-5-6-14-10-12)11(2)13(17)15-7-9-18-3/h11-12,14H,4-10H2,1-3H3,(H,15,17). The molecular formula is C13H27N3O2. The first-order valence-corrected chi connectivity index (χ1v) is 6.93. The fraction of sp³-hybridized carbons (Fsp3) is 0.923. The zero-order valence-electron chi connectivity index (χ0n) is 11.9. The molecule has 0 bridgehead atoms. The molecule has 1 heterocycles. The van der Waals surface area contributed by atoms with Crippen molar-refractivity contribution >= 4 is 5.91 Å². The summed E-state index contributed by atoms with van der Waals surface area (Å²) >= 11 is 0. The van der Waals surface area contributed by atoms with Crippen LogP contribution in [0.2, 0.25) is 0 Å². The third-order valence-corrected chi connectivity index (χ3v) is 3.47. The number of carbonyl (C=O) groups is 1. The van der Waals surface area contributed by atoms with Gasteiger partial charge in [0.15, 0.2) is 0 Å². The molecule has 0 aromatic rings. The molecule has 1 aliphatic rings. The van der Waals surface area contributed by atoms with Crippen molar-refractivity contribution in [1.82, 2.24) is 15.5 Å². The summed E-state index contributed by atoms with van der Waals surface area (Å²) in [5.74, 6) is 0.104. The van der Waals surface area contributed by atoms with Crippen LogP contribution in [-0.4, -0.2) is 62.8 Å². The van der Waals surface area contributed by atoms with Crippen molar-refractivity contribution < 1.29 is 9.53 Å². The maximum Gasteiger partial charge on any atom is 0.237 e. The second-order valence-corrected chi connectivity index (χ2v) is 4.84. The molecule has 5 heteroatoms. The first-order valence-electron chi connectivity index (χ1n) is 6.93. The summed E-state index contributed by atoms with van der Waals surface area (Å²) in [5.41, 5.74) is 0. The predicted molar refractivity (Wildman–Crippen MR) is 72.6 cm³/mol. The summed E-state index contributed by atoms with van der Waals surface area (Å²) in [6.07, 6.45) is 2.21. The maximum atomic E-state index is 12.1. The fourth-order valence-electron chi connectivity index (χ4n) is 2.45. The Hall–Kier alpha value is -0.650. The monoisotopic (exact) mass is 257 g/mol. The van der Waals surface area contributed by atoms with Crippen molar-refractivity contribution in [1.29, 1.82) is 0 Å². The molecule has 1 amide bonds. The summed E-state index contributed by atoms with van der Waals surface area (Å²) in [7, 11) is 1.64. The average Bonchev–Trinajstić information content (AvgIpc) is 2.89. The van der Waals surface area contributed by atoms with Crippen LogP contribution in [0.25, 0.3) is 0 Å². The van der Waals surface area contributed by atoms with E-state index in [4.69, 9.17) is 4.74 Å². The topological polar surface area (TPSA) is 53.6 Å². The molecule has 0 radical (unpaired) electrons. The minimum absolute atomic E-state index is 0.0632. The number of nitrogens with one attached hydrogen (secondary N) is 2. The van der Waals surface area contributed by atoms with Crippen molar-refractivity contribution in [2.75, 3.05) is 39.9 Å². The highest BCUT2D eigenvalue weighted by Crippen LogP contribution is 2.13. The largest absolute Gasteiger partial charge is 0.383 e. The predicted octanol–water partition coefficient (Wildman–Crippen LogP) is 0.211. The van der Waals surface area contributed by atoms with E-state index in [0.29, 0.717) is 19.2 Å².